The summed E-state index contributed by atoms with van der Waals surface area (Å²) < 4.78 is 5.41. The van der Waals surface area contributed by atoms with Crippen LogP contribution in [0.4, 0.5) is 0 Å². The summed E-state index contributed by atoms with van der Waals surface area (Å²) in [6.45, 7) is 13.1. The van der Waals surface area contributed by atoms with Crippen molar-refractivity contribution in [3.05, 3.63) is 22.8 Å². The van der Waals surface area contributed by atoms with Crippen LogP contribution in [0.15, 0.2) is 22.8 Å². The van der Waals surface area contributed by atoms with Gasteiger partial charge in [0, 0.05) is 17.2 Å². The van der Waals surface area contributed by atoms with Gasteiger partial charge in [-0.2, -0.15) is 0 Å². The fourth-order valence-corrected chi connectivity index (χ4v) is 2.58. The molecule has 0 aliphatic carbocycles. The molecule has 0 aliphatic rings. The zero-order valence-corrected chi connectivity index (χ0v) is 17.0. The maximum absolute atomic E-state index is 12.3. The Balaban J connectivity index is 5.83. The number of esters is 1. The standard InChI is InChI=1S/C19H35N3O3/c1-9-17(22(10-2)11-3)16(14(5)18(20)23)12-13(4)19(24)25-15(6)21(7)8/h12,15,17H,9-11H2,1-8H3,(H2,20,23)/b13-12+,16-14+. The molecule has 2 N–H and O–H groups in total. The molecule has 2 atom stereocenters. The Bertz CT molecular complexity index is 520. The van der Waals surface area contributed by atoms with Gasteiger partial charge in [0.15, 0.2) is 6.23 Å². The molecule has 0 saturated heterocycles. The van der Waals surface area contributed by atoms with E-state index in [4.69, 9.17) is 10.5 Å². The monoisotopic (exact) mass is 353 g/mol. The largest absolute Gasteiger partial charge is 0.443 e. The first-order valence-corrected chi connectivity index (χ1v) is 8.90. The minimum atomic E-state index is -0.473. The van der Waals surface area contributed by atoms with E-state index >= 15 is 0 Å². The molecule has 0 saturated carbocycles. The first-order valence-electron chi connectivity index (χ1n) is 8.90. The van der Waals surface area contributed by atoms with Crippen LogP contribution in [0.1, 0.15) is 48.0 Å². The van der Waals surface area contributed by atoms with Gasteiger partial charge in [-0.1, -0.05) is 20.8 Å². The maximum atomic E-state index is 12.3. The molecule has 0 aromatic heterocycles. The highest BCUT2D eigenvalue weighted by Gasteiger charge is 2.22. The number of carbonyl (C=O) groups excluding carboxylic acids is 2. The highest BCUT2D eigenvalue weighted by Crippen LogP contribution is 2.21. The van der Waals surface area contributed by atoms with E-state index in [1.165, 1.54) is 0 Å². The van der Waals surface area contributed by atoms with Gasteiger partial charge in [0.25, 0.3) is 0 Å². The lowest BCUT2D eigenvalue weighted by atomic mass is 9.95. The smallest absolute Gasteiger partial charge is 0.335 e. The number of carbonyl (C=O) groups is 2. The number of ether oxygens (including phenoxy) is 1. The molecule has 0 aliphatic heterocycles. The number of rotatable bonds is 10. The summed E-state index contributed by atoms with van der Waals surface area (Å²) in [5.41, 5.74) is 7.23. The van der Waals surface area contributed by atoms with Crippen LogP contribution in [-0.4, -0.2) is 61.1 Å². The number of hydrogen-bond acceptors (Lipinski definition) is 5. The molecule has 0 spiro atoms. The van der Waals surface area contributed by atoms with Gasteiger partial charge in [0.2, 0.25) is 5.91 Å². The molecule has 0 radical (unpaired) electrons. The molecule has 0 rings (SSSR count). The lowest BCUT2D eigenvalue weighted by molar-refractivity contribution is -0.150. The lowest BCUT2D eigenvalue weighted by Crippen LogP contribution is -2.37. The first kappa shape index (κ1) is 23.3. The Morgan fingerprint density at radius 2 is 1.64 bits per heavy atom. The molecule has 1 amide bonds. The second-order valence-corrected chi connectivity index (χ2v) is 6.39. The fourth-order valence-electron chi connectivity index (χ4n) is 2.58. The third-order valence-corrected chi connectivity index (χ3v) is 4.50. The van der Waals surface area contributed by atoms with Crippen LogP contribution in [-0.2, 0) is 14.3 Å². The van der Waals surface area contributed by atoms with Gasteiger partial charge in [0.05, 0.1) is 0 Å². The highest BCUT2D eigenvalue weighted by atomic mass is 16.6. The average Bonchev–Trinajstić information content (AvgIpc) is 2.56. The van der Waals surface area contributed by atoms with E-state index in [1.54, 1.807) is 31.7 Å². The predicted octanol–water partition coefficient (Wildman–Crippen LogP) is 2.31. The predicted molar refractivity (Wildman–Crippen MR) is 102 cm³/mol. The van der Waals surface area contributed by atoms with Crippen molar-refractivity contribution < 1.29 is 14.3 Å². The van der Waals surface area contributed by atoms with Gasteiger partial charge in [-0.25, -0.2) is 4.79 Å². The van der Waals surface area contributed by atoms with Gasteiger partial charge in [0.1, 0.15) is 0 Å². The number of nitrogens with two attached hydrogens (primary N) is 1. The molecule has 6 nitrogen and oxygen atoms in total. The van der Waals surface area contributed by atoms with Crippen molar-refractivity contribution in [2.45, 2.75) is 60.2 Å². The van der Waals surface area contributed by atoms with Gasteiger partial charge in [-0.05, 0) is 66.0 Å². The van der Waals surface area contributed by atoms with Crippen LogP contribution in [0.5, 0.6) is 0 Å². The van der Waals surface area contributed by atoms with Crippen molar-refractivity contribution in [2.24, 2.45) is 5.73 Å². The van der Waals surface area contributed by atoms with Crippen LogP contribution < -0.4 is 5.73 Å². The van der Waals surface area contributed by atoms with E-state index < -0.39 is 11.9 Å². The third-order valence-electron chi connectivity index (χ3n) is 4.50. The Labute approximate surface area is 152 Å². The zero-order chi connectivity index (χ0) is 19.7. The summed E-state index contributed by atoms with van der Waals surface area (Å²) in [6.07, 6.45) is 2.23. The van der Waals surface area contributed by atoms with E-state index in [0.717, 1.165) is 25.1 Å². The van der Waals surface area contributed by atoms with Crippen molar-refractivity contribution in [2.75, 3.05) is 27.2 Å². The maximum Gasteiger partial charge on any atom is 0.335 e. The second-order valence-electron chi connectivity index (χ2n) is 6.39. The molecular formula is C19H35N3O3. The van der Waals surface area contributed by atoms with Crippen molar-refractivity contribution in [3.63, 3.8) is 0 Å². The van der Waals surface area contributed by atoms with Crippen LogP contribution in [0.2, 0.25) is 0 Å². The molecule has 0 aromatic carbocycles. The summed E-state index contributed by atoms with van der Waals surface area (Å²) in [5.74, 6) is -0.870. The van der Waals surface area contributed by atoms with Crippen molar-refractivity contribution in [1.29, 1.82) is 0 Å². The van der Waals surface area contributed by atoms with Gasteiger partial charge >= 0.3 is 5.97 Å². The van der Waals surface area contributed by atoms with Crippen LogP contribution in [0.25, 0.3) is 0 Å². The molecule has 0 bridgehead atoms. The molecule has 0 fully saturated rings. The Hall–Kier alpha value is -1.66. The molecule has 0 aromatic rings. The lowest BCUT2D eigenvalue weighted by Gasteiger charge is -2.31. The number of primary amides is 1. The van der Waals surface area contributed by atoms with Crippen LogP contribution >= 0.6 is 0 Å². The highest BCUT2D eigenvalue weighted by molar-refractivity contribution is 5.94. The third kappa shape index (κ3) is 7.00. The minimum Gasteiger partial charge on any atom is -0.443 e. The Morgan fingerprint density at radius 1 is 1.12 bits per heavy atom. The zero-order valence-electron chi connectivity index (χ0n) is 17.0. The van der Waals surface area contributed by atoms with Gasteiger partial charge in [-0.15, -0.1) is 0 Å². The Morgan fingerprint density at radius 3 is 2.00 bits per heavy atom. The normalized spacial score (nSPS) is 15.8. The van der Waals surface area contributed by atoms with E-state index in [2.05, 4.69) is 25.7 Å². The van der Waals surface area contributed by atoms with E-state index in [9.17, 15) is 9.59 Å². The first-order chi connectivity index (χ1) is 11.6. The summed E-state index contributed by atoms with van der Waals surface area (Å²) in [4.78, 5) is 28.2. The topological polar surface area (TPSA) is 75.9 Å². The number of likely N-dealkylation sites (N-methyl/N-ethyl adjacent to an activating group) is 1. The fraction of sp³-hybridized carbons (Fsp3) is 0.684. The van der Waals surface area contributed by atoms with E-state index in [1.807, 2.05) is 14.1 Å². The van der Waals surface area contributed by atoms with Crippen molar-refractivity contribution >= 4 is 11.9 Å². The van der Waals surface area contributed by atoms with Crippen LogP contribution in [0, 0.1) is 0 Å². The average molecular weight is 354 g/mol. The van der Waals surface area contributed by atoms with Crippen LogP contribution in [0.3, 0.4) is 0 Å². The van der Waals surface area contributed by atoms with E-state index in [-0.39, 0.29) is 12.3 Å². The number of amides is 1. The molecule has 6 heteroatoms. The second kappa shape index (κ2) is 11.1. The minimum absolute atomic E-state index is 0.0246. The van der Waals surface area contributed by atoms with Crippen molar-refractivity contribution in [3.8, 4) is 0 Å². The number of hydrogen-bond donors (Lipinski definition) is 1. The Kier molecular flexibility index (Phi) is 10.3. The molecule has 2 unspecified atom stereocenters. The molecule has 0 heterocycles. The van der Waals surface area contributed by atoms with Crippen molar-refractivity contribution in [1.82, 2.24) is 9.80 Å². The molecular weight excluding hydrogens is 318 g/mol. The number of nitrogens with zero attached hydrogens (tertiary/aromatic N) is 2. The van der Waals surface area contributed by atoms with Gasteiger partial charge in [-0.3, -0.25) is 14.6 Å². The summed E-state index contributed by atoms with van der Waals surface area (Å²) in [7, 11) is 3.68. The molecule has 25 heavy (non-hydrogen) atoms. The summed E-state index contributed by atoms with van der Waals surface area (Å²) >= 11 is 0. The molecule has 144 valence electrons. The summed E-state index contributed by atoms with van der Waals surface area (Å²) in [5, 5.41) is 0. The van der Waals surface area contributed by atoms with Gasteiger partial charge < -0.3 is 10.5 Å². The summed E-state index contributed by atoms with van der Waals surface area (Å²) in [6, 6.07) is 0.0246. The SMILES string of the molecule is CCC(C(/C=C(\C)C(=O)OC(C)N(C)C)=C(\C)C(N)=O)N(CC)CC. The quantitative estimate of drug-likeness (QED) is 0.282. The van der Waals surface area contributed by atoms with E-state index in [0.29, 0.717) is 11.1 Å².